The summed E-state index contributed by atoms with van der Waals surface area (Å²) in [7, 11) is 1.82. The second-order valence-corrected chi connectivity index (χ2v) is 3.80. The third-order valence-electron chi connectivity index (χ3n) is 2.70. The standard InChI is InChI=1S/C9H16N4O/c1-13-9(6-11-12-13)14-8-5-3-2-4-7(8)10/h6-8H,2-5,10H2,1H3. The Balaban J connectivity index is 1.99. The highest BCUT2D eigenvalue weighted by atomic mass is 16.5. The number of aromatic nitrogens is 3. The van der Waals surface area contributed by atoms with Crippen LogP contribution >= 0.6 is 0 Å². The van der Waals surface area contributed by atoms with E-state index in [0.717, 1.165) is 12.8 Å². The zero-order valence-electron chi connectivity index (χ0n) is 8.39. The number of nitrogens with zero attached hydrogens (tertiary/aromatic N) is 3. The lowest BCUT2D eigenvalue weighted by molar-refractivity contribution is 0.121. The fourth-order valence-electron chi connectivity index (χ4n) is 1.81. The molecule has 1 aromatic rings. The van der Waals surface area contributed by atoms with Crippen LogP contribution in [0.15, 0.2) is 6.20 Å². The van der Waals surface area contributed by atoms with Crippen molar-refractivity contribution < 1.29 is 4.74 Å². The molecule has 14 heavy (non-hydrogen) atoms. The van der Waals surface area contributed by atoms with Gasteiger partial charge in [0, 0.05) is 13.1 Å². The maximum Gasteiger partial charge on any atom is 0.232 e. The summed E-state index contributed by atoms with van der Waals surface area (Å²) in [6.07, 6.45) is 6.25. The smallest absolute Gasteiger partial charge is 0.232 e. The highest BCUT2D eigenvalue weighted by molar-refractivity contribution is 5.02. The first kappa shape index (κ1) is 9.45. The molecule has 5 nitrogen and oxygen atoms in total. The van der Waals surface area contributed by atoms with Crippen molar-refractivity contribution in [1.29, 1.82) is 0 Å². The van der Waals surface area contributed by atoms with E-state index in [1.807, 2.05) is 7.05 Å². The molecule has 0 spiro atoms. The summed E-state index contributed by atoms with van der Waals surface area (Å²) in [4.78, 5) is 0. The molecule has 78 valence electrons. The van der Waals surface area contributed by atoms with Crippen molar-refractivity contribution in [3.8, 4) is 5.88 Å². The van der Waals surface area contributed by atoms with Crippen molar-refractivity contribution in [1.82, 2.24) is 15.0 Å². The van der Waals surface area contributed by atoms with E-state index in [2.05, 4.69) is 10.3 Å². The molecular weight excluding hydrogens is 180 g/mol. The molecule has 1 fully saturated rings. The second-order valence-electron chi connectivity index (χ2n) is 3.80. The van der Waals surface area contributed by atoms with Crippen LogP contribution in [0.25, 0.3) is 0 Å². The van der Waals surface area contributed by atoms with Gasteiger partial charge in [0.25, 0.3) is 0 Å². The van der Waals surface area contributed by atoms with Gasteiger partial charge < -0.3 is 10.5 Å². The number of aryl methyl sites for hydroxylation is 1. The van der Waals surface area contributed by atoms with E-state index in [0.29, 0.717) is 5.88 Å². The summed E-state index contributed by atoms with van der Waals surface area (Å²) in [5, 5.41) is 7.57. The molecule has 0 saturated heterocycles. The van der Waals surface area contributed by atoms with E-state index in [-0.39, 0.29) is 12.1 Å². The molecular formula is C9H16N4O. The van der Waals surface area contributed by atoms with Gasteiger partial charge in [-0.2, -0.15) is 0 Å². The molecule has 0 aliphatic heterocycles. The predicted molar refractivity (Wildman–Crippen MR) is 51.9 cm³/mol. The van der Waals surface area contributed by atoms with Crippen molar-refractivity contribution in [2.24, 2.45) is 12.8 Å². The van der Waals surface area contributed by atoms with E-state index in [4.69, 9.17) is 10.5 Å². The molecule has 1 saturated carbocycles. The minimum absolute atomic E-state index is 0.126. The van der Waals surface area contributed by atoms with E-state index in [9.17, 15) is 0 Å². The summed E-state index contributed by atoms with van der Waals surface area (Å²) in [6, 6.07) is 0.152. The lowest BCUT2D eigenvalue weighted by atomic mass is 9.93. The Kier molecular flexibility index (Phi) is 2.67. The molecule has 2 N–H and O–H groups in total. The summed E-state index contributed by atoms with van der Waals surface area (Å²) >= 11 is 0. The number of hydrogen-bond acceptors (Lipinski definition) is 4. The first-order chi connectivity index (χ1) is 6.77. The predicted octanol–water partition coefficient (Wildman–Crippen LogP) is 0.464. The van der Waals surface area contributed by atoms with Crippen molar-refractivity contribution in [2.45, 2.75) is 37.8 Å². The topological polar surface area (TPSA) is 66.0 Å². The molecule has 1 aliphatic carbocycles. The molecule has 1 heterocycles. The lowest BCUT2D eigenvalue weighted by Crippen LogP contribution is -2.41. The Morgan fingerprint density at radius 2 is 2.29 bits per heavy atom. The average Bonchev–Trinajstić information content (AvgIpc) is 2.56. The summed E-state index contributed by atoms with van der Waals surface area (Å²) in [5.74, 6) is 0.701. The third kappa shape index (κ3) is 1.87. The summed E-state index contributed by atoms with van der Waals surface area (Å²) < 4.78 is 7.38. The highest BCUT2D eigenvalue weighted by Gasteiger charge is 2.24. The van der Waals surface area contributed by atoms with Crippen LogP contribution in [0.2, 0.25) is 0 Å². The fourth-order valence-corrected chi connectivity index (χ4v) is 1.81. The van der Waals surface area contributed by atoms with Crippen LogP contribution < -0.4 is 10.5 Å². The first-order valence-electron chi connectivity index (χ1n) is 5.04. The van der Waals surface area contributed by atoms with Gasteiger partial charge in [-0.05, 0) is 19.3 Å². The number of ether oxygens (including phenoxy) is 1. The Morgan fingerprint density at radius 3 is 2.93 bits per heavy atom. The first-order valence-corrected chi connectivity index (χ1v) is 5.04. The quantitative estimate of drug-likeness (QED) is 0.746. The monoisotopic (exact) mass is 196 g/mol. The highest BCUT2D eigenvalue weighted by Crippen LogP contribution is 2.21. The molecule has 2 atom stereocenters. The van der Waals surface area contributed by atoms with E-state index < -0.39 is 0 Å². The third-order valence-corrected chi connectivity index (χ3v) is 2.70. The average molecular weight is 196 g/mol. The van der Waals surface area contributed by atoms with Gasteiger partial charge in [-0.3, -0.25) is 0 Å². The SMILES string of the molecule is Cn1nncc1OC1CCCCC1N. The van der Waals surface area contributed by atoms with Crippen LogP contribution in [0.1, 0.15) is 25.7 Å². The van der Waals surface area contributed by atoms with Crippen LogP contribution in [0.5, 0.6) is 5.88 Å². The Labute approximate surface area is 83.2 Å². The van der Waals surface area contributed by atoms with E-state index >= 15 is 0 Å². The van der Waals surface area contributed by atoms with Crippen LogP contribution in [-0.4, -0.2) is 27.1 Å². The van der Waals surface area contributed by atoms with Crippen LogP contribution in [0.4, 0.5) is 0 Å². The second kappa shape index (κ2) is 3.96. The van der Waals surface area contributed by atoms with Crippen LogP contribution in [0, 0.1) is 0 Å². The summed E-state index contributed by atoms with van der Waals surface area (Å²) in [6.45, 7) is 0. The normalized spacial score (nSPS) is 27.6. The van der Waals surface area contributed by atoms with Crippen molar-refractivity contribution in [3.63, 3.8) is 0 Å². The Hall–Kier alpha value is -1.10. The lowest BCUT2D eigenvalue weighted by Gasteiger charge is -2.28. The van der Waals surface area contributed by atoms with E-state index in [1.165, 1.54) is 12.8 Å². The molecule has 1 aliphatic rings. The molecule has 2 unspecified atom stereocenters. The van der Waals surface area contributed by atoms with Crippen LogP contribution in [-0.2, 0) is 7.05 Å². The van der Waals surface area contributed by atoms with Crippen LogP contribution in [0.3, 0.4) is 0 Å². The van der Waals surface area contributed by atoms with Gasteiger partial charge >= 0.3 is 0 Å². The van der Waals surface area contributed by atoms with Gasteiger partial charge in [-0.25, -0.2) is 4.68 Å². The molecule has 2 rings (SSSR count). The Bertz CT molecular complexity index is 299. The molecule has 0 bridgehead atoms. The zero-order chi connectivity index (χ0) is 9.97. The maximum atomic E-state index is 5.97. The van der Waals surface area contributed by atoms with Crippen molar-refractivity contribution in [3.05, 3.63) is 6.20 Å². The number of hydrogen-bond donors (Lipinski definition) is 1. The number of rotatable bonds is 2. The Morgan fingerprint density at radius 1 is 1.50 bits per heavy atom. The van der Waals surface area contributed by atoms with Gasteiger partial charge in [0.05, 0.1) is 0 Å². The van der Waals surface area contributed by atoms with Crippen molar-refractivity contribution >= 4 is 0 Å². The molecule has 0 aromatic carbocycles. The largest absolute Gasteiger partial charge is 0.472 e. The van der Waals surface area contributed by atoms with Crippen molar-refractivity contribution in [2.75, 3.05) is 0 Å². The minimum atomic E-state index is 0.126. The van der Waals surface area contributed by atoms with Gasteiger partial charge in [0.1, 0.15) is 12.3 Å². The fraction of sp³-hybridized carbons (Fsp3) is 0.778. The molecule has 5 heteroatoms. The molecule has 1 aromatic heterocycles. The number of nitrogens with two attached hydrogens (primary N) is 1. The maximum absolute atomic E-state index is 5.97. The molecule has 0 amide bonds. The zero-order valence-corrected chi connectivity index (χ0v) is 8.39. The van der Waals surface area contributed by atoms with Gasteiger partial charge in [-0.1, -0.05) is 11.6 Å². The summed E-state index contributed by atoms with van der Waals surface area (Å²) in [5.41, 5.74) is 5.97. The molecule has 0 radical (unpaired) electrons. The van der Waals surface area contributed by atoms with Gasteiger partial charge in [0.2, 0.25) is 5.88 Å². The van der Waals surface area contributed by atoms with Gasteiger partial charge in [-0.15, -0.1) is 5.10 Å². The van der Waals surface area contributed by atoms with Gasteiger partial charge in [0.15, 0.2) is 0 Å². The van der Waals surface area contributed by atoms with E-state index in [1.54, 1.807) is 10.9 Å². The minimum Gasteiger partial charge on any atom is -0.472 e.